The third kappa shape index (κ3) is 3.41. The van der Waals surface area contributed by atoms with E-state index in [-0.39, 0.29) is 11.5 Å². The fraction of sp³-hybridized carbons (Fsp3) is 0.450. The zero-order valence-corrected chi connectivity index (χ0v) is 18.4. The number of fused-ring (bicyclic) bond motifs is 1. The van der Waals surface area contributed by atoms with Crippen LogP contribution in [0.2, 0.25) is 0 Å². The Morgan fingerprint density at radius 3 is 2.47 bits per heavy atom. The third-order valence-corrected chi connectivity index (χ3v) is 9.40. The molecule has 0 radical (unpaired) electrons. The van der Waals surface area contributed by atoms with Gasteiger partial charge in [0.2, 0.25) is 0 Å². The van der Waals surface area contributed by atoms with Crippen LogP contribution >= 0.6 is 0 Å². The van der Waals surface area contributed by atoms with Gasteiger partial charge in [-0.1, -0.05) is 12.1 Å². The Bertz CT molecular complexity index is 1200. The molecule has 1 aliphatic carbocycles. The molecule has 3 heterocycles. The van der Waals surface area contributed by atoms with Gasteiger partial charge < -0.3 is 4.90 Å². The van der Waals surface area contributed by atoms with E-state index in [2.05, 4.69) is 9.88 Å². The molecule has 0 bridgehead atoms. The number of pyridine rings is 1. The minimum Gasteiger partial charge on any atom is -0.369 e. The standard InChI is InChI=1S/C20H24N4O4S2/c1-22-20-19(24(30(22,27)28)14-15-5-6-15)8-7-18(21-20)16-3-2-4-17(13-16)23-9-11-29(25,26)12-10-23/h2-4,7-8,13,15H,5-6,9-12,14H2,1H3. The highest BCUT2D eigenvalue weighted by Gasteiger charge is 2.42. The first-order valence-electron chi connectivity index (χ1n) is 10.1. The first-order chi connectivity index (χ1) is 14.2. The average Bonchev–Trinajstić information content (AvgIpc) is 3.52. The lowest BCUT2D eigenvalue weighted by Gasteiger charge is -2.29. The van der Waals surface area contributed by atoms with Crippen molar-refractivity contribution in [2.24, 2.45) is 5.92 Å². The molecule has 30 heavy (non-hydrogen) atoms. The molecule has 160 valence electrons. The van der Waals surface area contributed by atoms with Gasteiger partial charge in [-0.3, -0.25) is 0 Å². The van der Waals surface area contributed by atoms with Gasteiger partial charge in [0, 0.05) is 37.9 Å². The number of nitrogens with zero attached hydrogens (tertiary/aromatic N) is 4. The molecule has 2 aromatic rings. The van der Waals surface area contributed by atoms with Crippen molar-refractivity contribution in [1.29, 1.82) is 0 Å². The van der Waals surface area contributed by atoms with Crippen molar-refractivity contribution in [2.75, 3.05) is 51.7 Å². The van der Waals surface area contributed by atoms with Crippen LogP contribution in [-0.2, 0) is 20.0 Å². The molecule has 0 N–H and O–H groups in total. The van der Waals surface area contributed by atoms with E-state index in [4.69, 9.17) is 0 Å². The van der Waals surface area contributed by atoms with E-state index >= 15 is 0 Å². The predicted molar refractivity (Wildman–Crippen MR) is 118 cm³/mol. The van der Waals surface area contributed by atoms with Crippen LogP contribution in [0.5, 0.6) is 0 Å². The molecule has 5 rings (SSSR count). The number of benzene rings is 1. The molecule has 1 saturated carbocycles. The molecule has 3 aliphatic rings. The molecule has 1 aromatic heterocycles. The zero-order chi connectivity index (χ0) is 21.1. The van der Waals surface area contributed by atoms with Gasteiger partial charge in [0.1, 0.15) is 0 Å². The fourth-order valence-corrected chi connectivity index (χ4v) is 6.61. The van der Waals surface area contributed by atoms with Crippen LogP contribution < -0.4 is 13.5 Å². The van der Waals surface area contributed by atoms with Crippen LogP contribution in [0.4, 0.5) is 17.2 Å². The number of hydrogen-bond donors (Lipinski definition) is 0. The van der Waals surface area contributed by atoms with Crippen LogP contribution in [0, 0.1) is 5.92 Å². The maximum atomic E-state index is 12.8. The number of aromatic nitrogens is 1. The van der Waals surface area contributed by atoms with Gasteiger partial charge in [-0.2, -0.15) is 8.42 Å². The van der Waals surface area contributed by atoms with Gasteiger partial charge >= 0.3 is 10.2 Å². The molecule has 1 aromatic carbocycles. The topological polar surface area (TPSA) is 90.9 Å². The second-order valence-electron chi connectivity index (χ2n) is 8.18. The molecule has 2 aliphatic heterocycles. The summed E-state index contributed by atoms with van der Waals surface area (Å²) in [6.07, 6.45) is 2.14. The number of anilines is 3. The maximum absolute atomic E-state index is 12.8. The van der Waals surface area contributed by atoms with Crippen molar-refractivity contribution >= 4 is 37.2 Å². The van der Waals surface area contributed by atoms with Crippen LogP contribution in [-0.4, -0.2) is 60.0 Å². The van der Waals surface area contributed by atoms with Gasteiger partial charge in [0.15, 0.2) is 15.7 Å². The van der Waals surface area contributed by atoms with Crippen molar-refractivity contribution in [3.63, 3.8) is 0 Å². The van der Waals surface area contributed by atoms with Crippen LogP contribution in [0.25, 0.3) is 11.3 Å². The number of rotatable bonds is 4. The highest BCUT2D eigenvalue weighted by Crippen LogP contribution is 2.43. The monoisotopic (exact) mass is 448 g/mol. The lowest BCUT2D eigenvalue weighted by atomic mass is 10.1. The smallest absolute Gasteiger partial charge is 0.327 e. The Balaban J connectivity index is 1.46. The van der Waals surface area contributed by atoms with Crippen molar-refractivity contribution in [3.8, 4) is 11.3 Å². The summed E-state index contributed by atoms with van der Waals surface area (Å²) in [6, 6.07) is 11.5. The van der Waals surface area contributed by atoms with E-state index in [9.17, 15) is 16.8 Å². The van der Waals surface area contributed by atoms with Crippen molar-refractivity contribution < 1.29 is 16.8 Å². The highest BCUT2D eigenvalue weighted by molar-refractivity contribution is 7.94. The molecule has 0 atom stereocenters. The second kappa shape index (κ2) is 6.84. The van der Waals surface area contributed by atoms with Crippen molar-refractivity contribution in [3.05, 3.63) is 36.4 Å². The molecular formula is C20H24N4O4S2. The fourth-order valence-electron chi connectivity index (χ4n) is 3.97. The van der Waals surface area contributed by atoms with E-state index in [0.717, 1.165) is 24.1 Å². The summed E-state index contributed by atoms with van der Waals surface area (Å²) < 4.78 is 51.8. The van der Waals surface area contributed by atoms with Crippen LogP contribution in [0.1, 0.15) is 12.8 Å². The average molecular weight is 449 g/mol. The van der Waals surface area contributed by atoms with Gasteiger partial charge in [-0.25, -0.2) is 22.0 Å². The molecule has 0 unspecified atom stereocenters. The predicted octanol–water partition coefficient (Wildman–Crippen LogP) is 1.89. The van der Waals surface area contributed by atoms with E-state index in [1.54, 1.807) is 7.05 Å². The van der Waals surface area contributed by atoms with Gasteiger partial charge in [-0.05, 0) is 43.0 Å². The summed E-state index contributed by atoms with van der Waals surface area (Å²) in [5, 5.41) is 0. The Morgan fingerprint density at radius 2 is 1.77 bits per heavy atom. The molecule has 1 saturated heterocycles. The number of sulfone groups is 1. The first kappa shape index (κ1) is 19.6. The Morgan fingerprint density at radius 1 is 1.03 bits per heavy atom. The highest BCUT2D eigenvalue weighted by atomic mass is 32.2. The van der Waals surface area contributed by atoms with E-state index < -0.39 is 20.0 Å². The largest absolute Gasteiger partial charge is 0.369 e. The summed E-state index contributed by atoms with van der Waals surface area (Å²) >= 11 is 0. The number of hydrogen-bond acceptors (Lipinski definition) is 6. The van der Waals surface area contributed by atoms with Gasteiger partial charge in [0.05, 0.1) is 22.9 Å². The van der Waals surface area contributed by atoms with E-state index in [1.807, 2.05) is 36.4 Å². The van der Waals surface area contributed by atoms with E-state index in [1.165, 1.54) is 8.61 Å². The maximum Gasteiger partial charge on any atom is 0.327 e. The van der Waals surface area contributed by atoms with Crippen LogP contribution in [0.3, 0.4) is 0 Å². The summed E-state index contributed by atoms with van der Waals surface area (Å²) in [5.41, 5.74) is 3.14. The Kier molecular flexibility index (Phi) is 4.48. The summed E-state index contributed by atoms with van der Waals surface area (Å²) in [4.78, 5) is 6.74. The lowest BCUT2D eigenvalue weighted by molar-refractivity contribution is 0.586. The Hall–Kier alpha value is -2.33. The summed E-state index contributed by atoms with van der Waals surface area (Å²) in [5.74, 6) is 1.20. The zero-order valence-electron chi connectivity index (χ0n) is 16.7. The summed E-state index contributed by atoms with van der Waals surface area (Å²) in [6.45, 7) is 1.45. The minimum absolute atomic E-state index is 0.161. The van der Waals surface area contributed by atoms with Crippen molar-refractivity contribution in [1.82, 2.24) is 4.98 Å². The Labute approximate surface area is 177 Å². The molecule has 0 spiro atoms. The molecule has 0 amide bonds. The van der Waals surface area contributed by atoms with E-state index in [0.29, 0.717) is 42.8 Å². The summed E-state index contributed by atoms with van der Waals surface area (Å²) in [7, 11) is -4.97. The van der Waals surface area contributed by atoms with Gasteiger partial charge in [-0.15, -0.1) is 0 Å². The molecule has 8 nitrogen and oxygen atoms in total. The lowest BCUT2D eigenvalue weighted by Crippen LogP contribution is -2.40. The van der Waals surface area contributed by atoms with Crippen molar-refractivity contribution in [2.45, 2.75) is 12.8 Å². The third-order valence-electron chi connectivity index (χ3n) is 6.02. The first-order valence-corrected chi connectivity index (χ1v) is 13.3. The second-order valence-corrected chi connectivity index (χ2v) is 12.4. The molecule has 10 heteroatoms. The minimum atomic E-state index is -3.58. The quantitative estimate of drug-likeness (QED) is 0.710. The van der Waals surface area contributed by atoms with Gasteiger partial charge in [0.25, 0.3) is 0 Å². The normalized spacial score (nSPS) is 22.2. The molecular weight excluding hydrogens is 424 g/mol. The molecule has 2 fully saturated rings. The van der Waals surface area contributed by atoms with Crippen LogP contribution in [0.15, 0.2) is 36.4 Å². The SMILES string of the molecule is CN1c2nc(-c3cccc(N4CCS(=O)(=O)CC4)c3)ccc2N(CC2CC2)S1(=O)=O.